The molecule has 0 saturated carbocycles. The summed E-state index contributed by atoms with van der Waals surface area (Å²) >= 11 is 0. The van der Waals surface area contributed by atoms with Gasteiger partial charge in [0.15, 0.2) is 0 Å². The molecule has 1 aliphatic rings. The van der Waals surface area contributed by atoms with Gasteiger partial charge < -0.3 is 9.64 Å². The zero-order chi connectivity index (χ0) is 13.3. The van der Waals surface area contributed by atoms with Crippen LogP contribution in [0.1, 0.15) is 40.3 Å². The van der Waals surface area contributed by atoms with Crippen molar-refractivity contribution in [1.82, 2.24) is 4.98 Å². The molecule has 18 heavy (non-hydrogen) atoms. The Morgan fingerprint density at radius 2 is 2.00 bits per heavy atom. The van der Waals surface area contributed by atoms with Crippen molar-refractivity contribution in [2.45, 2.75) is 52.2 Å². The van der Waals surface area contributed by atoms with Crippen LogP contribution in [0.4, 0.5) is 5.69 Å². The van der Waals surface area contributed by atoms with Crippen molar-refractivity contribution in [3.63, 3.8) is 0 Å². The molecule has 100 valence electrons. The van der Waals surface area contributed by atoms with E-state index in [4.69, 9.17) is 4.74 Å². The van der Waals surface area contributed by atoms with E-state index in [2.05, 4.69) is 56.6 Å². The summed E-state index contributed by atoms with van der Waals surface area (Å²) in [5.41, 5.74) is 2.45. The minimum absolute atomic E-state index is 0.114. The zero-order valence-corrected chi connectivity index (χ0v) is 12.1. The van der Waals surface area contributed by atoms with Crippen LogP contribution in [0, 0.1) is 0 Å². The second-order valence-electron chi connectivity index (χ2n) is 6.30. The van der Waals surface area contributed by atoms with Gasteiger partial charge in [0.2, 0.25) is 0 Å². The topological polar surface area (TPSA) is 25.4 Å². The van der Waals surface area contributed by atoms with Crippen LogP contribution in [0.5, 0.6) is 0 Å². The van der Waals surface area contributed by atoms with E-state index < -0.39 is 0 Å². The van der Waals surface area contributed by atoms with Crippen molar-refractivity contribution in [1.29, 1.82) is 0 Å². The maximum Gasteiger partial charge on any atom is 0.0723 e. The first-order valence-corrected chi connectivity index (χ1v) is 6.72. The largest absolute Gasteiger partial charge is 0.375 e. The van der Waals surface area contributed by atoms with Gasteiger partial charge in [-0.1, -0.05) is 20.8 Å². The highest BCUT2D eigenvalue weighted by atomic mass is 16.5. The van der Waals surface area contributed by atoms with E-state index in [-0.39, 0.29) is 5.41 Å². The summed E-state index contributed by atoms with van der Waals surface area (Å²) in [6.07, 6.45) is 2.29. The van der Waals surface area contributed by atoms with Crippen LogP contribution in [-0.4, -0.2) is 30.3 Å². The van der Waals surface area contributed by atoms with Crippen LogP contribution in [-0.2, 0) is 10.2 Å². The van der Waals surface area contributed by atoms with Crippen LogP contribution in [0.15, 0.2) is 18.3 Å². The van der Waals surface area contributed by atoms with Gasteiger partial charge in [-0.3, -0.25) is 4.98 Å². The third-order valence-electron chi connectivity index (χ3n) is 3.46. The van der Waals surface area contributed by atoms with E-state index in [0.717, 1.165) is 18.8 Å². The molecule has 1 saturated heterocycles. The summed E-state index contributed by atoms with van der Waals surface area (Å²) in [5.74, 6) is 0. The lowest BCUT2D eigenvalue weighted by Crippen LogP contribution is -2.47. The molecule has 2 atom stereocenters. The highest BCUT2D eigenvalue weighted by Crippen LogP contribution is 2.25. The molecule has 0 aromatic carbocycles. The minimum Gasteiger partial charge on any atom is -0.375 e. The summed E-state index contributed by atoms with van der Waals surface area (Å²) in [6, 6.07) is 4.74. The number of pyridine rings is 1. The fourth-order valence-corrected chi connectivity index (χ4v) is 2.26. The van der Waals surface area contributed by atoms with Gasteiger partial charge in [-0.25, -0.2) is 0 Å². The van der Waals surface area contributed by atoms with E-state index in [9.17, 15) is 0 Å². The number of hydrogen-bond acceptors (Lipinski definition) is 3. The van der Waals surface area contributed by atoms with Crippen LogP contribution < -0.4 is 4.90 Å². The molecule has 0 amide bonds. The number of aromatic nitrogens is 1. The number of rotatable bonds is 1. The molecular weight excluding hydrogens is 224 g/mol. The van der Waals surface area contributed by atoms with Gasteiger partial charge in [-0.05, 0) is 26.0 Å². The third kappa shape index (κ3) is 2.83. The molecule has 3 heteroatoms. The molecule has 3 nitrogen and oxygen atoms in total. The standard InChI is InChI=1S/C15H24N2O/c1-11-10-18-12(2)9-17(11)13-6-7-14(16-8-13)15(3,4)5/h6-8,11-12H,9-10H2,1-5H3. The van der Waals surface area contributed by atoms with Crippen LogP contribution in [0.2, 0.25) is 0 Å². The van der Waals surface area contributed by atoms with E-state index in [1.165, 1.54) is 5.69 Å². The van der Waals surface area contributed by atoms with Crippen molar-refractivity contribution in [2.24, 2.45) is 0 Å². The minimum atomic E-state index is 0.114. The number of morpholine rings is 1. The average Bonchev–Trinajstić information content (AvgIpc) is 2.31. The number of anilines is 1. The smallest absolute Gasteiger partial charge is 0.0723 e. The predicted molar refractivity (Wildman–Crippen MR) is 75.2 cm³/mol. The first-order chi connectivity index (χ1) is 8.38. The van der Waals surface area contributed by atoms with Gasteiger partial charge in [0, 0.05) is 23.7 Å². The van der Waals surface area contributed by atoms with E-state index >= 15 is 0 Å². The Morgan fingerprint density at radius 3 is 2.56 bits per heavy atom. The quantitative estimate of drug-likeness (QED) is 0.764. The summed E-state index contributed by atoms with van der Waals surface area (Å²) < 4.78 is 5.66. The average molecular weight is 248 g/mol. The van der Waals surface area contributed by atoms with E-state index in [1.807, 2.05) is 6.20 Å². The molecule has 1 fully saturated rings. The SMILES string of the molecule is CC1CN(c2ccc(C(C)(C)C)nc2)C(C)CO1. The zero-order valence-electron chi connectivity index (χ0n) is 12.1. The normalized spacial score (nSPS) is 25.3. The molecule has 2 unspecified atom stereocenters. The van der Waals surface area contributed by atoms with Crippen molar-refractivity contribution >= 4 is 5.69 Å². The lowest BCUT2D eigenvalue weighted by Gasteiger charge is -2.38. The summed E-state index contributed by atoms with van der Waals surface area (Å²) in [5, 5.41) is 0. The number of ether oxygens (including phenoxy) is 1. The van der Waals surface area contributed by atoms with Gasteiger partial charge in [0.25, 0.3) is 0 Å². The molecule has 2 heterocycles. The predicted octanol–water partition coefficient (Wildman–Crippen LogP) is 2.99. The monoisotopic (exact) mass is 248 g/mol. The highest BCUT2D eigenvalue weighted by molar-refractivity contribution is 5.46. The fourth-order valence-electron chi connectivity index (χ4n) is 2.26. The second-order valence-corrected chi connectivity index (χ2v) is 6.30. The van der Waals surface area contributed by atoms with Gasteiger partial charge in [-0.2, -0.15) is 0 Å². The molecule has 1 aromatic heterocycles. The Bertz CT molecular complexity index is 394. The maximum absolute atomic E-state index is 5.66. The molecular formula is C15H24N2O. The first kappa shape index (κ1) is 13.3. The van der Waals surface area contributed by atoms with Gasteiger partial charge >= 0.3 is 0 Å². The molecule has 0 radical (unpaired) electrons. The second kappa shape index (κ2) is 4.88. The Kier molecular flexibility index (Phi) is 3.62. The lowest BCUT2D eigenvalue weighted by atomic mass is 9.91. The molecule has 1 aromatic rings. The fraction of sp³-hybridized carbons (Fsp3) is 0.667. The molecule has 2 rings (SSSR count). The van der Waals surface area contributed by atoms with Crippen LogP contribution in [0.3, 0.4) is 0 Å². The number of nitrogens with zero attached hydrogens (tertiary/aromatic N) is 2. The molecule has 0 bridgehead atoms. The highest BCUT2D eigenvalue weighted by Gasteiger charge is 2.24. The van der Waals surface area contributed by atoms with Crippen molar-refractivity contribution in [3.8, 4) is 0 Å². The van der Waals surface area contributed by atoms with Gasteiger partial charge in [-0.15, -0.1) is 0 Å². The summed E-state index contributed by atoms with van der Waals surface area (Å²) in [6.45, 7) is 12.6. The lowest BCUT2D eigenvalue weighted by molar-refractivity contribution is 0.0343. The summed E-state index contributed by atoms with van der Waals surface area (Å²) in [7, 11) is 0. The Hall–Kier alpha value is -1.09. The van der Waals surface area contributed by atoms with Crippen LogP contribution >= 0.6 is 0 Å². The summed E-state index contributed by atoms with van der Waals surface area (Å²) in [4.78, 5) is 6.98. The molecule has 1 aliphatic heterocycles. The maximum atomic E-state index is 5.66. The first-order valence-electron chi connectivity index (χ1n) is 6.72. The molecule has 0 aliphatic carbocycles. The van der Waals surface area contributed by atoms with Crippen LogP contribution in [0.25, 0.3) is 0 Å². The van der Waals surface area contributed by atoms with Gasteiger partial charge in [0.1, 0.15) is 0 Å². The third-order valence-corrected chi connectivity index (χ3v) is 3.46. The Labute approximate surface area is 110 Å². The van der Waals surface area contributed by atoms with Crippen molar-refractivity contribution in [3.05, 3.63) is 24.0 Å². The van der Waals surface area contributed by atoms with E-state index in [1.54, 1.807) is 0 Å². The van der Waals surface area contributed by atoms with Crippen molar-refractivity contribution in [2.75, 3.05) is 18.1 Å². The molecule has 0 N–H and O–H groups in total. The molecule has 0 spiro atoms. The van der Waals surface area contributed by atoms with E-state index in [0.29, 0.717) is 12.1 Å². The Morgan fingerprint density at radius 1 is 1.28 bits per heavy atom. The number of hydrogen-bond donors (Lipinski definition) is 0. The Balaban J connectivity index is 2.18. The van der Waals surface area contributed by atoms with Gasteiger partial charge in [0.05, 0.1) is 24.6 Å². The van der Waals surface area contributed by atoms with Crippen molar-refractivity contribution < 1.29 is 4.74 Å².